The number of phenolic OH excluding ortho intramolecular Hbond substituents is 1. The van der Waals surface area contributed by atoms with Gasteiger partial charge < -0.3 is 10.4 Å². The summed E-state index contributed by atoms with van der Waals surface area (Å²) in [6.45, 7) is 9.71. The highest BCUT2D eigenvalue weighted by molar-refractivity contribution is 9.10. The van der Waals surface area contributed by atoms with Gasteiger partial charge in [0.05, 0.1) is 6.04 Å². The van der Waals surface area contributed by atoms with Crippen molar-refractivity contribution in [3.05, 3.63) is 28.2 Å². The Morgan fingerprint density at radius 3 is 2.52 bits per heavy atom. The number of halogens is 1. The molecule has 4 nitrogen and oxygen atoms in total. The molecule has 0 heterocycles. The van der Waals surface area contributed by atoms with E-state index < -0.39 is 0 Å². The monoisotopic (exact) mass is 356 g/mol. The van der Waals surface area contributed by atoms with Gasteiger partial charge in [0.25, 0.3) is 0 Å². The van der Waals surface area contributed by atoms with E-state index in [-0.39, 0.29) is 29.3 Å². The van der Waals surface area contributed by atoms with Crippen molar-refractivity contribution in [2.24, 2.45) is 0 Å². The number of amides is 1. The summed E-state index contributed by atoms with van der Waals surface area (Å²) in [5.41, 5.74) is 0.536. The van der Waals surface area contributed by atoms with Gasteiger partial charge in [-0.25, -0.2) is 0 Å². The average molecular weight is 357 g/mol. The number of nitrogens with one attached hydrogen (secondary N) is 2. The van der Waals surface area contributed by atoms with Crippen molar-refractivity contribution in [1.82, 2.24) is 10.6 Å². The Hall–Kier alpha value is -1.07. The van der Waals surface area contributed by atoms with E-state index in [9.17, 15) is 9.90 Å². The summed E-state index contributed by atoms with van der Waals surface area (Å²) in [5.74, 6) is 0.191. The fourth-order valence-corrected chi connectivity index (χ4v) is 2.47. The Kier molecular flexibility index (Phi) is 6.23. The van der Waals surface area contributed by atoms with Gasteiger partial charge in [-0.3, -0.25) is 10.1 Å². The number of aromatic hydroxyl groups is 1. The highest BCUT2D eigenvalue weighted by Crippen LogP contribution is 2.29. The number of benzene rings is 1. The molecule has 0 aromatic heterocycles. The first-order valence-corrected chi connectivity index (χ1v) is 8.00. The fourth-order valence-electron chi connectivity index (χ4n) is 2.09. The Morgan fingerprint density at radius 2 is 2.00 bits per heavy atom. The molecule has 0 aliphatic carbocycles. The summed E-state index contributed by atoms with van der Waals surface area (Å²) in [5, 5.41) is 16.2. The number of carbonyl (C=O) groups excluding carboxylic acids is 1. The van der Waals surface area contributed by atoms with Crippen molar-refractivity contribution in [2.75, 3.05) is 0 Å². The number of phenols is 1. The highest BCUT2D eigenvalue weighted by atomic mass is 79.9. The summed E-state index contributed by atoms with van der Waals surface area (Å²) in [4.78, 5) is 12.1. The summed E-state index contributed by atoms with van der Waals surface area (Å²) >= 11 is 3.41. The standard InChI is InChI=1S/C16H25BrN2O2/c1-6-13(12-9-11(17)7-8-14(12)20)18-10(2)15(21)19-16(3,4)5/h7-10,13,18,20H,6H2,1-5H3,(H,19,21). The molecule has 1 aromatic rings. The van der Waals surface area contributed by atoms with Gasteiger partial charge >= 0.3 is 0 Å². The molecule has 0 bridgehead atoms. The Balaban J connectivity index is 2.82. The fraction of sp³-hybridized carbons (Fsp3) is 0.562. The molecule has 2 unspecified atom stereocenters. The molecule has 0 radical (unpaired) electrons. The van der Waals surface area contributed by atoms with Crippen molar-refractivity contribution in [2.45, 2.75) is 58.7 Å². The smallest absolute Gasteiger partial charge is 0.237 e. The first-order chi connectivity index (χ1) is 9.64. The van der Waals surface area contributed by atoms with Crippen LogP contribution >= 0.6 is 15.9 Å². The minimum Gasteiger partial charge on any atom is -0.508 e. The van der Waals surface area contributed by atoms with E-state index in [4.69, 9.17) is 0 Å². The Bertz CT molecular complexity index is 498. The number of carbonyl (C=O) groups is 1. The summed E-state index contributed by atoms with van der Waals surface area (Å²) < 4.78 is 0.905. The summed E-state index contributed by atoms with van der Waals surface area (Å²) in [6.07, 6.45) is 0.775. The second-order valence-corrected chi connectivity index (χ2v) is 7.21. The van der Waals surface area contributed by atoms with Gasteiger partial charge in [0, 0.05) is 21.6 Å². The van der Waals surface area contributed by atoms with Crippen molar-refractivity contribution in [3.63, 3.8) is 0 Å². The molecule has 0 spiro atoms. The maximum Gasteiger partial charge on any atom is 0.237 e. The lowest BCUT2D eigenvalue weighted by Crippen LogP contribution is -2.50. The van der Waals surface area contributed by atoms with E-state index in [2.05, 4.69) is 26.6 Å². The van der Waals surface area contributed by atoms with Gasteiger partial charge in [-0.2, -0.15) is 0 Å². The average Bonchev–Trinajstić information content (AvgIpc) is 2.36. The van der Waals surface area contributed by atoms with Crippen LogP contribution in [0.25, 0.3) is 0 Å². The molecule has 1 aromatic carbocycles. The molecule has 1 rings (SSSR count). The normalized spacial score (nSPS) is 14.6. The number of hydrogen-bond acceptors (Lipinski definition) is 3. The molecule has 2 atom stereocenters. The first-order valence-electron chi connectivity index (χ1n) is 7.20. The molecule has 0 aliphatic rings. The van der Waals surface area contributed by atoms with E-state index in [1.165, 1.54) is 0 Å². The summed E-state index contributed by atoms with van der Waals surface area (Å²) in [7, 11) is 0. The molecular weight excluding hydrogens is 332 g/mol. The molecule has 118 valence electrons. The lowest BCUT2D eigenvalue weighted by Gasteiger charge is -2.27. The Labute approximate surface area is 135 Å². The van der Waals surface area contributed by atoms with E-state index in [0.717, 1.165) is 16.5 Å². The van der Waals surface area contributed by atoms with Crippen molar-refractivity contribution >= 4 is 21.8 Å². The molecule has 0 saturated heterocycles. The zero-order chi connectivity index (χ0) is 16.2. The van der Waals surface area contributed by atoms with E-state index in [1.54, 1.807) is 12.1 Å². The van der Waals surface area contributed by atoms with Crippen molar-refractivity contribution in [3.8, 4) is 5.75 Å². The topological polar surface area (TPSA) is 61.4 Å². The van der Waals surface area contributed by atoms with Crippen molar-refractivity contribution in [1.29, 1.82) is 0 Å². The van der Waals surface area contributed by atoms with E-state index in [1.807, 2.05) is 40.7 Å². The predicted molar refractivity (Wildman–Crippen MR) is 89.3 cm³/mol. The van der Waals surface area contributed by atoms with Crippen molar-refractivity contribution < 1.29 is 9.90 Å². The van der Waals surface area contributed by atoms with Gasteiger partial charge in [0.1, 0.15) is 5.75 Å². The van der Waals surface area contributed by atoms with Crippen LogP contribution in [0.4, 0.5) is 0 Å². The molecule has 0 saturated carbocycles. The molecule has 1 amide bonds. The molecule has 21 heavy (non-hydrogen) atoms. The zero-order valence-electron chi connectivity index (χ0n) is 13.3. The third-order valence-corrected chi connectivity index (χ3v) is 3.61. The zero-order valence-corrected chi connectivity index (χ0v) is 14.9. The third-order valence-electron chi connectivity index (χ3n) is 3.12. The first kappa shape index (κ1) is 18.0. The van der Waals surface area contributed by atoms with Crippen LogP contribution in [-0.4, -0.2) is 22.6 Å². The van der Waals surface area contributed by atoms with Crippen LogP contribution in [0.15, 0.2) is 22.7 Å². The number of rotatable bonds is 5. The van der Waals surface area contributed by atoms with Crippen LogP contribution < -0.4 is 10.6 Å². The SMILES string of the molecule is CCC(NC(C)C(=O)NC(C)(C)C)c1cc(Br)ccc1O. The van der Waals surface area contributed by atoms with Gasteiger partial charge in [-0.1, -0.05) is 22.9 Å². The molecule has 0 aliphatic heterocycles. The molecule has 0 fully saturated rings. The predicted octanol–water partition coefficient (Wildman–Crippen LogP) is 3.50. The molecule has 3 N–H and O–H groups in total. The van der Waals surface area contributed by atoms with Crippen LogP contribution in [0.5, 0.6) is 5.75 Å². The van der Waals surface area contributed by atoms with Gasteiger partial charge in [0.15, 0.2) is 0 Å². The summed E-state index contributed by atoms with van der Waals surface area (Å²) in [6, 6.07) is 4.91. The molecule has 5 heteroatoms. The van der Waals surface area contributed by atoms with Crippen LogP contribution in [0.2, 0.25) is 0 Å². The third kappa shape index (κ3) is 5.67. The van der Waals surface area contributed by atoms with Crippen LogP contribution in [-0.2, 0) is 4.79 Å². The van der Waals surface area contributed by atoms with E-state index in [0.29, 0.717) is 0 Å². The minimum atomic E-state index is -0.340. The lowest BCUT2D eigenvalue weighted by molar-refractivity contribution is -0.124. The minimum absolute atomic E-state index is 0.0459. The largest absolute Gasteiger partial charge is 0.508 e. The van der Waals surface area contributed by atoms with Gasteiger partial charge in [-0.15, -0.1) is 0 Å². The number of hydrogen-bond donors (Lipinski definition) is 3. The van der Waals surface area contributed by atoms with E-state index >= 15 is 0 Å². The highest BCUT2D eigenvalue weighted by Gasteiger charge is 2.23. The van der Waals surface area contributed by atoms with Crippen LogP contribution in [0.3, 0.4) is 0 Å². The Morgan fingerprint density at radius 1 is 1.38 bits per heavy atom. The quantitative estimate of drug-likeness (QED) is 0.756. The van der Waals surface area contributed by atoms with Gasteiger partial charge in [-0.05, 0) is 52.3 Å². The van der Waals surface area contributed by atoms with Gasteiger partial charge in [0.2, 0.25) is 5.91 Å². The van der Waals surface area contributed by atoms with Crippen LogP contribution in [0.1, 0.15) is 52.6 Å². The lowest BCUT2D eigenvalue weighted by atomic mass is 10.0. The maximum atomic E-state index is 12.1. The second kappa shape index (κ2) is 7.27. The maximum absolute atomic E-state index is 12.1. The molecular formula is C16H25BrN2O2. The second-order valence-electron chi connectivity index (χ2n) is 6.29. The van der Waals surface area contributed by atoms with Crippen LogP contribution in [0, 0.1) is 0 Å².